The Morgan fingerprint density at radius 3 is 1.71 bits per heavy atom. The van der Waals surface area contributed by atoms with E-state index >= 15 is 0 Å². The molecule has 0 aliphatic rings. The fraction of sp³-hybridized carbons (Fsp3) is 0.833. The number of unbranched alkanes of at least 4 members (excludes halogenated alkanes) is 11. The van der Waals surface area contributed by atoms with Crippen LogP contribution in [0.4, 0.5) is 0 Å². The number of hydrogen-bond donors (Lipinski definition) is 1. The van der Waals surface area contributed by atoms with Crippen LogP contribution in [0.1, 0.15) is 98.2 Å². The Morgan fingerprint density at radius 1 is 0.810 bits per heavy atom. The molecule has 0 atom stereocenters. The van der Waals surface area contributed by atoms with E-state index in [2.05, 4.69) is 19.1 Å². The van der Waals surface area contributed by atoms with Crippen molar-refractivity contribution in [3.05, 3.63) is 12.2 Å². The number of allylic oxidation sites excluding steroid dienone is 2. The van der Waals surface area contributed by atoms with Gasteiger partial charge in [0.15, 0.2) is 0 Å². The number of aliphatic carboxylic acids is 1. The van der Waals surface area contributed by atoms with Gasteiger partial charge in [0.25, 0.3) is 0 Å². The average Bonchev–Trinajstić information content (AvgIpc) is 2.43. The molecule has 2 nitrogen and oxygen atoms in total. The summed E-state index contributed by atoms with van der Waals surface area (Å²) in [6.45, 7) is 2.26. The van der Waals surface area contributed by atoms with E-state index in [9.17, 15) is 4.79 Å². The van der Waals surface area contributed by atoms with Gasteiger partial charge < -0.3 is 6.53 Å². The van der Waals surface area contributed by atoms with E-state index in [-0.39, 0.29) is 31.0 Å². The van der Waals surface area contributed by atoms with Crippen molar-refractivity contribution >= 4 is 5.97 Å². The van der Waals surface area contributed by atoms with Gasteiger partial charge in [0.2, 0.25) is 0 Å². The molecule has 0 aromatic carbocycles. The summed E-state index contributed by atoms with van der Waals surface area (Å²) in [6.07, 6.45) is 21.2. The molecule has 0 spiro atoms. The second kappa shape index (κ2) is 20.2. The molecule has 0 aliphatic heterocycles. The molecule has 0 aromatic rings. The molecule has 0 heterocycles. The van der Waals surface area contributed by atoms with E-state index in [0.717, 1.165) is 12.8 Å². The van der Waals surface area contributed by atoms with Crippen molar-refractivity contribution in [2.75, 3.05) is 0 Å². The largest absolute Gasteiger partial charge is 1.00 e. The van der Waals surface area contributed by atoms with E-state index in [1.54, 1.807) is 0 Å². The quantitative estimate of drug-likeness (QED) is 0.286. The summed E-state index contributed by atoms with van der Waals surface area (Å²) in [5.74, 6) is -0.664. The molecule has 0 saturated heterocycles. The maximum absolute atomic E-state index is 10.3. The topological polar surface area (TPSA) is 37.3 Å². The zero-order valence-electron chi connectivity index (χ0n) is 15.4. The molecule has 3 heteroatoms. The van der Waals surface area contributed by atoms with Gasteiger partial charge in [-0.25, -0.2) is 0 Å². The molecule has 0 fully saturated rings. The first-order valence-corrected chi connectivity index (χ1v) is 8.64. The van der Waals surface area contributed by atoms with Crippen molar-refractivity contribution in [1.29, 1.82) is 0 Å². The Bertz CT molecular complexity index is 245. The first-order chi connectivity index (χ1) is 9.77. The number of hydrogen-bond acceptors (Lipinski definition) is 1. The van der Waals surface area contributed by atoms with E-state index in [1.807, 2.05) is 0 Å². The Labute approximate surface area is 155 Å². The Morgan fingerprint density at radius 2 is 1.24 bits per heavy atom. The smallest absolute Gasteiger partial charge is 1.00 e. The fourth-order valence-corrected chi connectivity index (χ4v) is 2.35. The first-order valence-electron chi connectivity index (χ1n) is 8.64. The van der Waals surface area contributed by atoms with Crippen LogP contribution < -0.4 is 29.6 Å². The van der Waals surface area contributed by atoms with Crippen LogP contribution in [0.3, 0.4) is 0 Å². The Hall–Kier alpha value is 0.210. The zero-order valence-corrected chi connectivity index (χ0v) is 16.4. The Balaban J connectivity index is -0.00000180. The van der Waals surface area contributed by atoms with Crippen LogP contribution in [0.15, 0.2) is 12.2 Å². The van der Waals surface area contributed by atoms with Crippen molar-refractivity contribution in [3.63, 3.8) is 0 Å². The SMILES string of the molecule is CCCCCCCC/C=C\CCCCCCCC(=O)O.[H-].[Na+]. The van der Waals surface area contributed by atoms with Crippen molar-refractivity contribution < 1.29 is 40.9 Å². The summed E-state index contributed by atoms with van der Waals surface area (Å²) in [5.41, 5.74) is 0. The van der Waals surface area contributed by atoms with Gasteiger partial charge in [0.05, 0.1) is 0 Å². The van der Waals surface area contributed by atoms with Gasteiger partial charge in [0, 0.05) is 6.42 Å². The predicted molar refractivity (Wildman–Crippen MR) is 88.2 cm³/mol. The molecule has 0 unspecified atom stereocenters. The maximum atomic E-state index is 10.3. The van der Waals surface area contributed by atoms with Crippen molar-refractivity contribution in [3.8, 4) is 0 Å². The van der Waals surface area contributed by atoms with Gasteiger partial charge in [0.1, 0.15) is 0 Å². The summed E-state index contributed by atoms with van der Waals surface area (Å²) < 4.78 is 0. The van der Waals surface area contributed by atoms with Crippen molar-refractivity contribution in [2.24, 2.45) is 0 Å². The second-order valence-electron chi connectivity index (χ2n) is 5.73. The summed E-state index contributed by atoms with van der Waals surface area (Å²) >= 11 is 0. The molecule has 0 rings (SSSR count). The van der Waals surface area contributed by atoms with E-state index < -0.39 is 5.97 Å². The van der Waals surface area contributed by atoms with Crippen LogP contribution in [0.5, 0.6) is 0 Å². The van der Waals surface area contributed by atoms with Crippen LogP contribution in [-0.4, -0.2) is 11.1 Å². The summed E-state index contributed by atoms with van der Waals surface area (Å²) in [4.78, 5) is 10.3. The molecule has 120 valence electrons. The number of carboxylic acids is 1. The third-order valence-corrected chi connectivity index (χ3v) is 3.65. The summed E-state index contributed by atoms with van der Waals surface area (Å²) in [7, 11) is 0. The normalized spacial score (nSPS) is 10.7. The second-order valence-corrected chi connectivity index (χ2v) is 5.73. The van der Waals surface area contributed by atoms with Crippen LogP contribution in [-0.2, 0) is 4.79 Å². The molecule has 0 aromatic heterocycles. The third kappa shape index (κ3) is 22.6. The fourth-order valence-electron chi connectivity index (χ4n) is 2.35. The molecule has 0 amide bonds. The van der Waals surface area contributed by atoms with E-state index in [4.69, 9.17) is 5.11 Å². The monoisotopic (exact) mass is 306 g/mol. The van der Waals surface area contributed by atoms with Crippen molar-refractivity contribution in [2.45, 2.75) is 96.8 Å². The number of carboxylic acid groups (broad SMARTS) is 1. The number of rotatable bonds is 15. The minimum atomic E-state index is -0.664. The average molecular weight is 306 g/mol. The summed E-state index contributed by atoms with van der Waals surface area (Å²) in [6, 6.07) is 0. The minimum absolute atomic E-state index is 0. The molecule has 0 aliphatic carbocycles. The van der Waals surface area contributed by atoms with E-state index in [0.29, 0.717) is 6.42 Å². The summed E-state index contributed by atoms with van der Waals surface area (Å²) in [5, 5.41) is 8.51. The molecule has 0 radical (unpaired) electrons. The van der Waals surface area contributed by atoms with Gasteiger partial charge in [-0.2, -0.15) is 0 Å². The van der Waals surface area contributed by atoms with Gasteiger partial charge in [-0.1, -0.05) is 70.4 Å². The van der Waals surface area contributed by atoms with Gasteiger partial charge in [-0.3, -0.25) is 4.79 Å². The zero-order chi connectivity index (χ0) is 14.9. The molecule has 0 bridgehead atoms. The van der Waals surface area contributed by atoms with Crippen molar-refractivity contribution in [1.82, 2.24) is 0 Å². The molecule has 1 N–H and O–H groups in total. The predicted octanol–water partition coefficient (Wildman–Crippen LogP) is 3.23. The maximum Gasteiger partial charge on any atom is 1.00 e. The van der Waals surface area contributed by atoms with Crippen LogP contribution in [0, 0.1) is 0 Å². The molecule has 21 heavy (non-hydrogen) atoms. The van der Waals surface area contributed by atoms with Crippen LogP contribution in [0.2, 0.25) is 0 Å². The standard InChI is InChI=1S/C18H34O2.Na.H/c1-2-3-4-5-6-7-8-9-10-11-12-13-14-15-16-17-18(19)20;;/h9-10H,2-8,11-17H2,1H3,(H,19,20);;/q;+1;-1/b10-9-;;. The first kappa shape index (κ1) is 23.5. The molecular formula is C18H35NaO2. The molecule has 0 saturated carbocycles. The van der Waals surface area contributed by atoms with E-state index in [1.165, 1.54) is 70.6 Å². The van der Waals surface area contributed by atoms with Gasteiger partial charge in [-0.15, -0.1) is 0 Å². The van der Waals surface area contributed by atoms with Gasteiger partial charge >= 0.3 is 35.5 Å². The minimum Gasteiger partial charge on any atom is -1.00 e. The third-order valence-electron chi connectivity index (χ3n) is 3.65. The van der Waals surface area contributed by atoms with Gasteiger partial charge in [-0.05, 0) is 32.1 Å². The van der Waals surface area contributed by atoms with Crippen LogP contribution in [0.25, 0.3) is 0 Å². The Kier molecular flexibility index (Phi) is 22.6. The van der Waals surface area contributed by atoms with Crippen LogP contribution >= 0.6 is 0 Å². The molecular weight excluding hydrogens is 271 g/mol. The number of carbonyl (C=O) groups is 1.